The summed E-state index contributed by atoms with van der Waals surface area (Å²) in [6, 6.07) is 0. The van der Waals surface area contributed by atoms with Gasteiger partial charge in [-0.2, -0.15) is 0 Å². The third-order valence-corrected chi connectivity index (χ3v) is 7.76. The quantitative estimate of drug-likeness (QED) is 0.220. The summed E-state index contributed by atoms with van der Waals surface area (Å²) in [5.74, 6) is -0.0305. The summed E-state index contributed by atoms with van der Waals surface area (Å²) < 4.78 is 5.80. The predicted molar refractivity (Wildman–Crippen MR) is 153 cm³/mol. The molecule has 39 heavy (non-hydrogen) atoms. The van der Waals surface area contributed by atoms with Crippen LogP contribution in [0.2, 0.25) is 0 Å². The smallest absolute Gasteiger partial charge is 0.331 e. The molecule has 10 heteroatoms. The molecule has 2 heterocycles. The average Bonchev–Trinajstić information content (AvgIpc) is 3.27. The molecule has 0 fully saturated rings. The van der Waals surface area contributed by atoms with E-state index in [1.54, 1.807) is 0 Å². The second kappa shape index (κ2) is 14.3. The summed E-state index contributed by atoms with van der Waals surface area (Å²) in [7, 11) is 0. The number of nitrogens with zero attached hydrogens (tertiary/aromatic N) is 4. The molecule has 0 aromatic carbocycles. The van der Waals surface area contributed by atoms with Crippen molar-refractivity contribution in [3.8, 4) is 11.8 Å². The van der Waals surface area contributed by atoms with Crippen LogP contribution in [0.15, 0.2) is 22.0 Å². The Balaban J connectivity index is 1.65. The van der Waals surface area contributed by atoms with E-state index in [2.05, 4.69) is 27.7 Å². The van der Waals surface area contributed by atoms with E-state index >= 15 is 0 Å². The fourth-order valence-corrected chi connectivity index (χ4v) is 5.31. The number of hydrogen-bond acceptors (Lipinski definition) is 6. The van der Waals surface area contributed by atoms with Gasteiger partial charge in [-0.3, -0.25) is 18.3 Å². The fourth-order valence-electron chi connectivity index (χ4n) is 5.31. The first kappa shape index (κ1) is 32.8. The van der Waals surface area contributed by atoms with Crippen LogP contribution in [0.25, 0.3) is 0 Å². The molecule has 0 aliphatic rings. The monoisotopic (exact) mass is 552 g/mol. The Morgan fingerprint density at radius 1 is 0.667 bits per heavy atom. The van der Waals surface area contributed by atoms with Crippen molar-refractivity contribution in [2.24, 2.45) is 10.8 Å². The number of aliphatic hydroxyl groups is 2. The molecule has 4 N–H and O–H groups in total. The molecule has 0 spiro atoms. The van der Waals surface area contributed by atoms with Gasteiger partial charge in [0.25, 0.3) is 0 Å². The van der Waals surface area contributed by atoms with Crippen LogP contribution in [0.1, 0.15) is 99.3 Å². The van der Waals surface area contributed by atoms with Gasteiger partial charge in [0.1, 0.15) is 0 Å². The third-order valence-electron chi connectivity index (χ3n) is 7.76. The zero-order valence-electron chi connectivity index (χ0n) is 24.9. The largest absolute Gasteiger partial charge is 0.493 e. The van der Waals surface area contributed by atoms with Gasteiger partial charge in [0.2, 0.25) is 11.8 Å². The molecule has 0 radical (unpaired) electrons. The summed E-state index contributed by atoms with van der Waals surface area (Å²) in [4.78, 5) is 24.7. The summed E-state index contributed by atoms with van der Waals surface area (Å²) in [6.45, 7) is 13.9. The zero-order chi connectivity index (χ0) is 29.4. The Morgan fingerprint density at radius 2 is 1.00 bits per heavy atom. The van der Waals surface area contributed by atoms with Crippen molar-refractivity contribution in [1.29, 1.82) is 0 Å². The summed E-state index contributed by atoms with van der Waals surface area (Å²) in [6.07, 6.45) is 8.71. The van der Waals surface area contributed by atoms with E-state index in [1.165, 1.54) is 30.7 Å². The van der Waals surface area contributed by atoms with E-state index in [1.807, 2.05) is 13.8 Å². The second-order valence-corrected chi connectivity index (χ2v) is 12.6. The standard InChI is InChI=1S/C29H52N4O6/c1-7-30-18-24(36)32(26(30)38)20-28(3,4)16-10-14-22(34)12-9-13-23(35)15-11-17-29(5,6)21-33-25(37)19-31(8-2)27(33)39/h18-19,22-23,34-37H,7-17,20-21H2,1-6H3. The lowest BCUT2D eigenvalue weighted by Gasteiger charge is -2.26. The van der Waals surface area contributed by atoms with Crippen LogP contribution in [0, 0.1) is 10.8 Å². The highest BCUT2D eigenvalue weighted by molar-refractivity contribution is 5.06. The predicted octanol–water partition coefficient (Wildman–Crippen LogP) is 4.05. The SMILES string of the molecule is CCn1cc(O)n(CC(C)(C)CCCC(O)CCCC(O)CCCC(C)(C)Cn2c(O)cn(CC)c2=O)c1=O. The van der Waals surface area contributed by atoms with E-state index in [0.29, 0.717) is 51.9 Å². The molecular formula is C29H52N4O6. The first-order chi connectivity index (χ1) is 18.2. The maximum Gasteiger partial charge on any atom is 0.331 e. The molecule has 2 unspecified atom stereocenters. The van der Waals surface area contributed by atoms with Gasteiger partial charge in [-0.15, -0.1) is 0 Å². The highest BCUT2D eigenvalue weighted by atomic mass is 16.3. The van der Waals surface area contributed by atoms with Crippen LogP contribution in [-0.4, -0.2) is 50.9 Å². The molecule has 224 valence electrons. The summed E-state index contributed by atoms with van der Waals surface area (Å²) in [5.41, 5.74) is -0.798. The van der Waals surface area contributed by atoms with E-state index in [9.17, 15) is 30.0 Å². The normalized spacial score (nSPS) is 14.2. The molecule has 0 bridgehead atoms. The molecule has 2 atom stereocenters. The molecule has 0 aliphatic heterocycles. The van der Waals surface area contributed by atoms with Crippen LogP contribution < -0.4 is 11.4 Å². The topological polar surface area (TPSA) is 135 Å². The van der Waals surface area contributed by atoms with E-state index < -0.39 is 12.2 Å². The van der Waals surface area contributed by atoms with Crippen LogP contribution in [-0.2, 0) is 26.2 Å². The maximum atomic E-state index is 12.4. The Labute approximate surface area is 232 Å². The molecular weight excluding hydrogens is 500 g/mol. The summed E-state index contributed by atoms with van der Waals surface area (Å²) >= 11 is 0. The first-order valence-electron chi connectivity index (χ1n) is 14.5. The zero-order valence-corrected chi connectivity index (χ0v) is 24.9. The Kier molecular flexibility index (Phi) is 12.0. The van der Waals surface area contributed by atoms with Gasteiger partial charge in [-0.05, 0) is 69.6 Å². The molecule has 0 saturated carbocycles. The number of aromatic hydroxyl groups is 2. The van der Waals surface area contributed by atoms with Gasteiger partial charge in [-0.1, -0.05) is 40.5 Å². The van der Waals surface area contributed by atoms with E-state index in [-0.39, 0.29) is 34.0 Å². The lowest BCUT2D eigenvalue weighted by Crippen LogP contribution is -2.30. The van der Waals surface area contributed by atoms with Crippen LogP contribution in [0.3, 0.4) is 0 Å². The van der Waals surface area contributed by atoms with Crippen LogP contribution >= 0.6 is 0 Å². The average molecular weight is 553 g/mol. The van der Waals surface area contributed by atoms with E-state index in [4.69, 9.17) is 0 Å². The van der Waals surface area contributed by atoms with E-state index in [0.717, 1.165) is 32.1 Å². The lowest BCUT2D eigenvalue weighted by atomic mass is 9.86. The minimum atomic E-state index is -0.425. The van der Waals surface area contributed by atoms with Crippen LogP contribution in [0.5, 0.6) is 11.8 Å². The van der Waals surface area contributed by atoms with Gasteiger partial charge in [-0.25, -0.2) is 9.59 Å². The van der Waals surface area contributed by atoms with Crippen molar-refractivity contribution < 1.29 is 20.4 Å². The summed E-state index contributed by atoms with van der Waals surface area (Å²) in [5, 5.41) is 41.1. The molecule has 0 amide bonds. The third kappa shape index (κ3) is 9.90. The van der Waals surface area contributed by atoms with Crippen molar-refractivity contribution in [2.75, 3.05) is 0 Å². The first-order valence-corrected chi connectivity index (χ1v) is 14.5. The fraction of sp³-hybridized carbons (Fsp3) is 0.793. The Morgan fingerprint density at radius 3 is 1.31 bits per heavy atom. The van der Waals surface area contributed by atoms with Gasteiger partial charge >= 0.3 is 11.4 Å². The molecule has 2 rings (SSSR count). The van der Waals surface area contributed by atoms with Gasteiger partial charge in [0.15, 0.2) is 0 Å². The van der Waals surface area contributed by atoms with Gasteiger partial charge in [0.05, 0.1) is 24.6 Å². The maximum absolute atomic E-state index is 12.4. The Hall–Kier alpha value is -2.46. The molecule has 2 aromatic rings. The van der Waals surface area contributed by atoms with Crippen molar-refractivity contribution in [3.05, 3.63) is 33.4 Å². The number of aliphatic hydroxyl groups excluding tert-OH is 2. The minimum Gasteiger partial charge on any atom is -0.493 e. The number of hydrogen-bond donors (Lipinski definition) is 4. The van der Waals surface area contributed by atoms with Crippen molar-refractivity contribution in [1.82, 2.24) is 18.3 Å². The number of aromatic nitrogens is 4. The molecule has 2 aromatic heterocycles. The Bertz CT molecular complexity index is 1050. The van der Waals surface area contributed by atoms with Crippen molar-refractivity contribution in [3.63, 3.8) is 0 Å². The minimum absolute atomic E-state index is 0.0152. The molecule has 0 aliphatic carbocycles. The van der Waals surface area contributed by atoms with Gasteiger partial charge < -0.3 is 20.4 Å². The van der Waals surface area contributed by atoms with Crippen molar-refractivity contribution >= 4 is 0 Å². The number of imidazole rings is 2. The number of aryl methyl sites for hydroxylation is 2. The van der Waals surface area contributed by atoms with Gasteiger partial charge in [0, 0.05) is 26.2 Å². The highest BCUT2D eigenvalue weighted by Gasteiger charge is 2.24. The lowest BCUT2D eigenvalue weighted by molar-refractivity contribution is 0.115. The molecule has 0 saturated heterocycles. The highest BCUT2D eigenvalue weighted by Crippen LogP contribution is 2.29. The second-order valence-electron chi connectivity index (χ2n) is 12.6. The number of rotatable bonds is 18. The van der Waals surface area contributed by atoms with Crippen molar-refractivity contribution in [2.45, 2.75) is 138 Å². The van der Waals surface area contributed by atoms with Crippen LogP contribution in [0.4, 0.5) is 0 Å². The molecule has 10 nitrogen and oxygen atoms in total.